The highest BCUT2D eigenvalue weighted by molar-refractivity contribution is 7.80. The Morgan fingerprint density at radius 1 is 1.38 bits per heavy atom. The number of hydrogen-bond acceptors (Lipinski definition) is 1. The minimum absolute atomic E-state index is 0.839. The SMILES string of the molecule is CCC[NH+]1CNC(=S)N(c2ccccc2)C1. The van der Waals surface area contributed by atoms with Crippen LogP contribution in [0.5, 0.6) is 0 Å². The second kappa shape index (κ2) is 5.27. The van der Waals surface area contributed by atoms with Gasteiger partial charge in [0.2, 0.25) is 0 Å². The number of anilines is 1. The molecule has 0 radical (unpaired) electrons. The zero-order chi connectivity index (χ0) is 11.4. The van der Waals surface area contributed by atoms with E-state index in [4.69, 9.17) is 12.2 Å². The maximum atomic E-state index is 5.35. The average molecular weight is 236 g/mol. The van der Waals surface area contributed by atoms with Crippen LogP contribution >= 0.6 is 12.2 Å². The van der Waals surface area contributed by atoms with E-state index in [2.05, 4.69) is 29.3 Å². The number of para-hydroxylation sites is 1. The third kappa shape index (κ3) is 2.51. The van der Waals surface area contributed by atoms with Crippen LogP contribution in [0, 0.1) is 0 Å². The van der Waals surface area contributed by atoms with Crippen LogP contribution in [0.3, 0.4) is 0 Å². The van der Waals surface area contributed by atoms with Gasteiger partial charge in [0.05, 0.1) is 6.54 Å². The molecule has 0 saturated carbocycles. The Kier molecular flexibility index (Phi) is 3.74. The van der Waals surface area contributed by atoms with Crippen molar-refractivity contribution in [1.82, 2.24) is 5.32 Å². The lowest BCUT2D eigenvalue weighted by atomic mass is 10.3. The van der Waals surface area contributed by atoms with Gasteiger partial charge in [-0.2, -0.15) is 0 Å². The molecular weight excluding hydrogens is 218 g/mol. The van der Waals surface area contributed by atoms with Gasteiger partial charge in [0.15, 0.2) is 18.4 Å². The van der Waals surface area contributed by atoms with Crippen molar-refractivity contribution < 1.29 is 4.90 Å². The van der Waals surface area contributed by atoms with Crippen molar-refractivity contribution in [1.29, 1.82) is 0 Å². The Labute approximate surface area is 102 Å². The molecule has 1 fully saturated rings. The maximum Gasteiger partial charge on any atom is 0.182 e. The van der Waals surface area contributed by atoms with Crippen LogP contribution in [0.15, 0.2) is 30.3 Å². The standard InChI is InChI=1S/C12H17N3S/c1-2-8-14-9-13-12(16)15(10-14)11-6-4-3-5-7-11/h3-7H,2,8-10H2,1H3,(H,13,16)/p+1. The summed E-state index contributed by atoms with van der Waals surface area (Å²) in [5, 5.41) is 4.12. The van der Waals surface area contributed by atoms with E-state index < -0.39 is 0 Å². The van der Waals surface area contributed by atoms with E-state index in [0.29, 0.717) is 0 Å². The first-order valence-electron chi connectivity index (χ1n) is 5.75. The van der Waals surface area contributed by atoms with E-state index in [0.717, 1.165) is 18.4 Å². The van der Waals surface area contributed by atoms with Crippen LogP contribution in [0.4, 0.5) is 5.69 Å². The number of rotatable bonds is 3. The molecule has 1 aromatic carbocycles. The van der Waals surface area contributed by atoms with Crippen LogP contribution < -0.4 is 15.1 Å². The van der Waals surface area contributed by atoms with Crippen molar-refractivity contribution in [2.24, 2.45) is 0 Å². The van der Waals surface area contributed by atoms with Crippen LogP contribution in [-0.2, 0) is 0 Å². The number of nitrogens with one attached hydrogen (secondary N) is 2. The van der Waals surface area contributed by atoms with Crippen LogP contribution in [0.25, 0.3) is 0 Å². The fraction of sp³-hybridized carbons (Fsp3) is 0.417. The minimum atomic E-state index is 0.839. The van der Waals surface area contributed by atoms with E-state index in [1.165, 1.54) is 23.6 Å². The lowest BCUT2D eigenvalue weighted by molar-refractivity contribution is -0.903. The number of hydrogen-bond donors (Lipinski definition) is 2. The Morgan fingerprint density at radius 3 is 2.81 bits per heavy atom. The lowest BCUT2D eigenvalue weighted by Gasteiger charge is -2.35. The highest BCUT2D eigenvalue weighted by Crippen LogP contribution is 2.12. The summed E-state index contributed by atoms with van der Waals surface area (Å²) < 4.78 is 0. The van der Waals surface area contributed by atoms with Gasteiger partial charge in [0.1, 0.15) is 0 Å². The molecule has 1 heterocycles. The fourth-order valence-electron chi connectivity index (χ4n) is 1.98. The molecule has 1 aliphatic rings. The van der Waals surface area contributed by atoms with E-state index in [1.807, 2.05) is 18.2 Å². The van der Waals surface area contributed by atoms with Gasteiger partial charge in [0.25, 0.3) is 0 Å². The first kappa shape index (κ1) is 11.4. The topological polar surface area (TPSA) is 19.7 Å². The predicted molar refractivity (Wildman–Crippen MR) is 70.5 cm³/mol. The highest BCUT2D eigenvalue weighted by atomic mass is 32.1. The molecule has 2 rings (SSSR count). The zero-order valence-corrected chi connectivity index (χ0v) is 10.4. The molecule has 2 N–H and O–H groups in total. The molecule has 1 atom stereocenters. The Balaban J connectivity index is 2.10. The van der Waals surface area contributed by atoms with E-state index in [1.54, 1.807) is 0 Å². The van der Waals surface area contributed by atoms with Crippen LogP contribution in [-0.4, -0.2) is 25.0 Å². The molecule has 1 aliphatic heterocycles. The normalized spacial score (nSPS) is 20.7. The van der Waals surface area contributed by atoms with Crippen molar-refractivity contribution in [2.75, 3.05) is 24.8 Å². The van der Waals surface area contributed by atoms with Gasteiger partial charge in [-0.25, -0.2) is 0 Å². The summed E-state index contributed by atoms with van der Waals surface area (Å²) in [5.74, 6) is 0. The second-order valence-corrected chi connectivity index (χ2v) is 4.47. The molecule has 0 spiro atoms. The van der Waals surface area contributed by atoms with Gasteiger partial charge >= 0.3 is 0 Å². The smallest absolute Gasteiger partial charge is 0.182 e. The van der Waals surface area contributed by atoms with Crippen molar-refractivity contribution in [3.63, 3.8) is 0 Å². The summed E-state index contributed by atoms with van der Waals surface area (Å²) >= 11 is 5.35. The van der Waals surface area contributed by atoms with Gasteiger partial charge in [-0.1, -0.05) is 25.1 Å². The van der Waals surface area contributed by atoms with Crippen molar-refractivity contribution in [3.8, 4) is 0 Å². The molecule has 86 valence electrons. The largest absolute Gasteiger partial charge is 0.315 e. The highest BCUT2D eigenvalue weighted by Gasteiger charge is 2.23. The number of quaternary nitrogens is 1. The summed E-state index contributed by atoms with van der Waals surface area (Å²) in [5.41, 5.74) is 1.17. The molecule has 3 nitrogen and oxygen atoms in total. The summed E-state index contributed by atoms with van der Waals surface area (Å²) in [4.78, 5) is 3.70. The van der Waals surface area contributed by atoms with E-state index in [-0.39, 0.29) is 0 Å². The fourth-order valence-corrected chi connectivity index (χ4v) is 2.23. The Bertz CT molecular complexity index is 353. The lowest BCUT2D eigenvalue weighted by Crippen LogP contribution is -3.17. The molecule has 1 saturated heterocycles. The first-order chi connectivity index (χ1) is 7.81. The molecule has 0 bridgehead atoms. The third-order valence-corrected chi connectivity index (χ3v) is 3.15. The monoisotopic (exact) mass is 236 g/mol. The van der Waals surface area contributed by atoms with Gasteiger partial charge in [-0.3, -0.25) is 4.90 Å². The molecule has 16 heavy (non-hydrogen) atoms. The van der Waals surface area contributed by atoms with Crippen LogP contribution in [0.2, 0.25) is 0 Å². The van der Waals surface area contributed by atoms with E-state index in [9.17, 15) is 0 Å². The third-order valence-electron chi connectivity index (χ3n) is 2.79. The molecule has 1 aromatic rings. The summed E-state index contributed by atoms with van der Waals surface area (Å²) in [6.07, 6.45) is 1.20. The second-order valence-electron chi connectivity index (χ2n) is 4.08. The molecule has 1 unspecified atom stereocenters. The van der Waals surface area contributed by atoms with Gasteiger partial charge < -0.3 is 10.2 Å². The van der Waals surface area contributed by atoms with Gasteiger partial charge in [-0.05, 0) is 30.8 Å². The summed E-state index contributed by atoms with van der Waals surface area (Å²) in [6.45, 7) is 5.30. The van der Waals surface area contributed by atoms with Gasteiger partial charge in [-0.15, -0.1) is 0 Å². The number of benzene rings is 1. The first-order valence-corrected chi connectivity index (χ1v) is 6.16. The summed E-state index contributed by atoms with van der Waals surface area (Å²) in [7, 11) is 0. The average Bonchev–Trinajstić information content (AvgIpc) is 2.33. The maximum absolute atomic E-state index is 5.35. The quantitative estimate of drug-likeness (QED) is 0.750. The number of nitrogens with zero attached hydrogens (tertiary/aromatic N) is 1. The summed E-state index contributed by atoms with van der Waals surface area (Å²) in [6, 6.07) is 10.3. The predicted octanol–water partition coefficient (Wildman–Crippen LogP) is 0.591. The molecular formula is C12H18N3S+. The molecule has 0 aromatic heterocycles. The van der Waals surface area contributed by atoms with Gasteiger partial charge in [0, 0.05) is 5.69 Å². The zero-order valence-electron chi connectivity index (χ0n) is 9.57. The molecule has 4 heteroatoms. The van der Waals surface area contributed by atoms with Crippen molar-refractivity contribution >= 4 is 23.0 Å². The Hall–Kier alpha value is -1.13. The molecule has 0 aliphatic carbocycles. The number of thiocarbonyl (C=S) groups is 1. The minimum Gasteiger partial charge on any atom is -0.315 e. The van der Waals surface area contributed by atoms with Crippen molar-refractivity contribution in [2.45, 2.75) is 13.3 Å². The molecule has 0 amide bonds. The van der Waals surface area contributed by atoms with Crippen LogP contribution in [0.1, 0.15) is 13.3 Å². The van der Waals surface area contributed by atoms with Crippen molar-refractivity contribution in [3.05, 3.63) is 30.3 Å². The van der Waals surface area contributed by atoms with E-state index >= 15 is 0 Å². The Morgan fingerprint density at radius 2 is 2.12 bits per heavy atom.